The maximum atomic E-state index is 14.3. The second-order valence-corrected chi connectivity index (χ2v) is 12.0. The first-order valence-corrected chi connectivity index (χ1v) is 14.9. The number of likely N-dealkylation sites (N-methyl/N-ethyl adjacent to an activating group) is 1. The molecule has 6 heteroatoms. The van der Waals surface area contributed by atoms with Crippen molar-refractivity contribution in [3.63, 3.8) is 0 Å². The van der Waals surface area contributed by atoms with Crippen molar-refractivity contribution in [1.29, 1.82) is 0 Å². The van der Waals surface area contributed by atoms with Gasteiger partial charge in [-0.3, -0.25) is 15.1 Å². The molecule has 1 atom stereocenters. The molecule has 0 spiro atoms. The molecule has 1 aromatic heterocycles. The third kappa shape index (κ3) is 5.87. The average molecular weight is 584 g/mol. The van der Waals surface area contributed by atoms with Gasteiger partial charge in [0.25, 0.3) is 0 Å². The van der Waals surface area contributed by atoms with Crippen molar-refractivity contribution in [3.05, 3.63) is 150 Å². The summed E-state index contributed by atoms with van der Waals surface area (Å²) in [5.74, 6) is 0.553. The molecule has 0 saturated heterocycles. The SMILES string of the molecule is CN1C(=O)[C@@H](NC(c2ccccc2)(c2ccccc2)c2ccccc2)COc2ccc(-c3ccc(CC(C)(C)O)nc3)cc21. The number of carbonyl (C=O) groups excluding carboxylic acids is 1. The van der Waals surface area contributed by atoms with Crippen molar-refractivity contribution in [3.8, 4) is 16.9 Å². The fraction of sp³-hybridized carbons (Fsp3) is 0.211. The van der Waals surface area contributed by atoms with Crippen molar-refractivity contribution in [1.82, 2.24) is 10.3 Å². The lowest BCUT2D eigenvalue weighted by Gasteiger charge is -2.39. The first kappa shape index (κ1) is 29.3. The number of anilines is 1. The van der Waals surface area contributed by atoms with E-state index in [1.165, 1.54) is 0 Å². The van der Waals surface area contributed by atoms with Crippen LogP contribution in [0.25, 0.3) is 11.1 Å². The Morgan fingerprint density at radius 3 is 1.86 bits per heavy atom. The topological polar surface area (TPSA) is 74.7 Å². The Hall–Kier alpha value is -4.78. The number of nitrogens with zero attached hydrogens (tertiary/aromatic N) is 2. The number of aliphatic hydroxyl groups is 1. The summed E-state index contributed by atoms with van der Waals surface area (Å²) in [4.78, 5) is 20.5. The molecule has 2 N–H and O–H groups in total. The maximum absolute atomic E-state index is 14.3. The monoisotopic (exact) mass is 583 g/mol. The number of benzene rings is 4. The van der Waals surface area contributed by atoms with E-state index in [0.29, 0.717) is 17.9 Å². The minimum absolute atomic E-state index is 0.0910. The molecule has 1 aliphatic heterocycles. The molecule has 0 saturated carbocycles. The van der Waals surface area contributed by atoms with Crippen LogP contribution in [0.1, 0.15) is 36.2 Å². The molecule has 0 aliphatic carbocycles. The van der Waals surface area contributed by atoms with Gasteiger partial charge in [0.15, 0.2) is 0 Å². The van der Waals surface area contributed by atoms with Gasteiger partial charge in [0, 0.05) is 30.9 Å². The minimum Gasteiger partial charge on any atom is -0.489 e. The fourth-order valence-electron chi connectivity index (χ4n) is 6.00. The third-order valence-electron chi connectivity index (χ3n) is 8.14. The van der Waals surface area contributed by atoms with Crippen LogP contribution in [-0.2, 0) is 16.8 Å². The molecular weight excluding hydrogens is 546 g/mol. The van der Waals surface area contributed by atoms with Crippen molar-refractivity contribution >= 4 is 11.6 Å². The van der Waals surface area contributed by atoms with Gasteiger partial charge in [0.05, 0.1) is 16.8 Å². The van der Waals surface area contributed by atoms with Crippen molar-refractivity contribution in [2.75, 3.05) is 18.6 Å². The second kappa shape index (κ2) is 12.1. The number of rotatable bonds is 8. The largest absolute Gasteiger partial charge is 0.489 e. The molecule has 6 rings (SSSR count). The van der Waals surface area contributed by atoms with Crippen LogP contribution >= 0.6 is 0 Å². The van der Waals surface area contributed by atoms with Crippen molar-refractivity contribution in [2.45, 2.75) is 37.5 Å². The van der Waals surface area contributed by atoms with E-state index in [9.17, 15) is 9.90 Å². The standard InChI is InChI=1S/C38H37N3O3/c1-37(2,43)24-32-21-19-28(25-39-32)27-20-22-35-34(23-27)41(3)36(42)33(26-44-35)40-38(29-13-7-4-8-14-29,30-15-9-5-10-16-30)31-17-11-6-12-18-31/h4-23,25,33,40,43H,24,26H2,1-3H3/t33-/m0/s1. The Morgan fingerprint density at radius 2 is 1.36 bits per heavy atom. The first-order valence-electron chi connectivity index (χ1n) is 14.9. The van der Waals surface area contributed by atoms with Gasteiger partial charge in [-0.15, -0.1) is 0 Å². The Balaban J connectivity index is 1.36. The number of nitrogens with one attached hydrogen (secondary N) is 1. The summed E-state index contributed by atoms with van der Waals surface area (Å²) in [6.07, 6.45) is 2.27. The molecule has 0 radical (unpaired) electrons. The summed E-state index contributed by atoms with van der Waals surface area (Å²) in [6, 6.07) is 39.9. The van der Waals surface area contributed by atoms with Crippen molar-refractivity contribution in [2.24, 2.45) is 0 Å². The number of aromatic nitrogens is 1. The van der Waals surface area contributed by atoms with E-state index in [-0.39, 0.29) is 12.5 Å². The molecule has 0 fully saturated rings. The van der Waals surface area contributed by atoms with Crippen LogP contribution in [0, 0.1) is 0 Å². The lowest BCUT2D eigenvalue weighted by molar-refractivity contribution is -0.121. The predicted molar refractivity (Wildman–Crippen MR) is 175 cm³/mol. The molecular formula is C38H37N3O3. The fourth-order valence-corrected chi connectivity index (χ4v) is 6.00. The molecule has 0 unspecified atom stereocenters. The summed E-state index contributed by atoms with van der Waals surface area (Å²) in [5, 5.41) is 14.0. The maximum Gasteiger partial charge on any atom is 0.247 e. The van der Waals surface area contributed by atoms with E-state index in [0.717, 1.165) is 33.5 Å². The number of hydrogen-bond acceptors (Lipinski definition) is 5. The van der Waals surface area contributed by atoms with Gasteiger partial charge in [-0.05, 0) is 54.3 Å². The van der Waals surface area contributed by atoms with E-state index in [1.54, 1.807) is 32.0 Å². The highest BCUT2D eigenvalue weighted by molar-refractivity contribution is 5.99. The van der Waals surface area contributed by atoms with E-state index < -0.39 is 17.2 Å². The summed E-state index contributed by atoms with van der Waals surface area (Å²) in [7, 11) is 1.80. The molecule has 2 heterocycles. The number of hydrogen-bond donors (Lipinski definition) is 2. The molecule has 44 heavy (non-hydrogen) atoms. The van der Waals surface area contributed by atoms with Crippen LogP contribution in [0.5, 0.6) is 5.75 Å². The predicted octanol–water partition coefficient (Wildman–Crippen LogP) is 6.37. The van der Waals surface area contributed by atoms with Gasteiger partial charge in [-0.25, -0.2) is 0 Å². The highest BCUT2D eigenvalue weighted by atomic mass is 16.5. The normalized spacial score (nSPS) is 15.3. The number of fused-ring (bicyclic) bond motifs is 1. The lowest BCUT2D eigenvalue weighted by Crippen LogP contribution is -2.56. The zero-order valence-corrected chi connectivity index (χ0v) is 25.3. The van der Waals surface area contributed by atoms with E-state index in [1.807, 2.05) is 84.9 Å². The zero-order valence-electron chi connectivity index (χ0n) is 25.3. The van der Waals surface area contributed by atoms with Crippen LogP contribution < -0.4 is 15.0 Å². The molecule has 5 aromatic rings. The smallest absolute Gasteiger partial charge is 0.247 e. The van der Waals surface area contributed by atoms with Gasteiger partial charge in [0.1, 0.15) is 18.4 Å². The summed E-state index contributed by atoms with van der Waals surface area (Å²) < 4.78 is 6.35. The molecule has 1 amide bonds. The summed E-state index contributed by atoms with van der Waals surface area (Å²) in [6.45, 7) is 3.71. The summed E-state index contributed by atoms with van der Waals surface area (Å²) in [5.41, 5.74) is 4.79. The van der Waals surface area contributed by atoms with E-state index in [2.05, 4.69) is 46.7 Å². The highest BCUT2D eigenvalue weighted by Crippen LogP contribution is 2.39. The zero-order chi connectivity index (χ0) is 30.7. The molecule has 0 bridgehead atoms. The van der Waals surface area contributed by atoms with Crippen LogP contribution in [-0.4, -0.2) is 41.3 Å². The van der Waals surface area contributed by atoms with Crippen molar-refractivity contribution < 1.29 is 14.6 Å². The number of carbonyl (C=O) groups is 1. The van der Waals surface area contributed by atoms with Gasteiger partial charge in [-0.1, -0.05) is 103 Å². The van der Waals surface area contributed by atoms with Gasteiger partial charge in [0.2, 0.25) is 5.91 Å². The third-order valence-corrected chi connectivity index (χ3v) is 8.14. The quantitative estimate of drug-likeness (QED) is 0.208. The van der Waals surface area contributed by atoms with E-state index >= 15 is 0 Å². The molecule has 4 aromatic carbocycles. The number of pyridine rings is 1. The Labute approximate surface area is 259 Å². The summed E-state index contributed by atoms with van der Waals surface area (Å²) >= 11 is 0. The Morgan fingerprint density at radius 1 is 0.818 bits per heavy atom. The number of amides is 1. The van der Waals surface area contributed by atoms with Crippen LogP contribution in [0.4, 0.5) is 5.69 Å². The first-order chi connectivity index (χ1) is 21.2. The minimum atomic E-state index is -0.831. The van der Waals surface area contributed by atoms with Gasteiger partial charge in [-0.2, -0.15) is 0 Å². The van der Waals surface area contributed by atoms with Crippen LogP contribution in [0.2, 0.25) is 0 Å². The second-order valence-electron chi connectivity index (χ2n) is 12.0. The van der Waals surface area contributed by atoms with Gasteiger partial charge >= 0.3 is 0 Å². The number of ether oxygens (including phenoxy) is 1. The molecule has 6 nitrogen and oxygen atoms in total. The molecule has 1 aliphatic rings. The van der Waals surface area contributed by atoms with Crippen LogP contribution in [0.15, 0.2) is 128 Å². The van der Waals surface area contributed by atoms with Gasteiger partial charge < -0.3 is 14.7 Å². The average Bonchev–Trinajstić information content (AvgIpc) is 3.16. The van der Waals surface area contributed by atoms with E-state index in [4.69, 9.17) is 4.74 Å². The highest BCUT2D eigenvalue weighted by Gasteiger charge is 2.42. The van der Waals surface area contributed by atoms with Crippen LogP contribution in [0.3, 0.4) is 0 Å². The molecule has 222 valence electrons. The lowest BCUT2D eigenvalue weighted by atomic mass is 9.76. The Kier molecular flexibility index (Phi) is 8.04. The Bertz CT molecular complexity index is 1620.